The Hall–Kier alpha value is -1.59. The molecule has 0 heterocycles. The molecule has 0 radical (unpaired) electrons. The number of benzene rings is 1. The van der Waals surface area contributed by atoms with E-state index in [1.807, 2.05) is 13.8 Å². The van der Waals surface area contributed by atoms with E-state index < -0.39 is 0 Å². The predicted octanol–water partition coefficient (Wildman–Crippen LogP) is 2.43. The van der Waals surface area contributed by atoms with E-state index >= 15 is 0 Å². The molecule has 22 heavy (non-hydrogen) atoms. The molecule has 0 saturated heterocycles. The molecule has 5 nitrogen and oxygen atoms in total. The van der Waals surface area contributed by atoms with Crippen LogP contribution in [0.4, 0.5) is 5.69 Å². The molecule has 0 aliphatic carbocycles. The van der Waals surface area contributed by atoms with Crippen molar-refractivity contribution >= 4 is 29.9 Å². The van der Waals surface area contributed by atoms with Crippen molar-refractivity contribution in [3.05, 3.63) is 29.8 Å². The first kappa shape index (κ1) is 20.4. The summed E-state index contributed by atoms with van der Waals surface area (Å²) in [6, 6.07) is 6.91. The topological polar surface area (TPSA) is 70.2 Å². The fourth-order valence-electron chi connectivity index (χ4n) is 1.66. The Morgan fingerprint density at radius 1 is 1.05 bits per heavy atom. The smallest absolute Gasteiger partial charge is 0.251 e. The van der Waals surface area contributed by atoms with Gasteiger partial charge in [0.15, 0.2) is 0 Å². The normalized spacial score (nSPS) is 10.0. The van der Waals surface area contributed by atoms with Crippen LogP contribution in [0.5, 0.6) is 0 Å². The maximum absolute atomic E-state index is 11.9. The fraction of sp³-hybridized carbons (Fsp3) is 0.500. The summed E-state index contributed by atoms with van der Waals surface area (Å²) in [4.78, 5) is 23.5. The van der Waals surface area contributed by atoms with Crippen LogP contribution in [0.15, 0.2) is 24.3 Å². The Morgan fingerprint density at radius 3 is 2.23 bits per heavy atom. The lowest BCUT2D eigenvalue weighted by Gasteiger charge is -2.09. The number of rotatable bonds is 8. The van der Waals surface area contributed by atoms with Gasteiger partial charge in [-0.1, -0.05) is 20.8 Å². The Balaban J connectivity index is 0.00000441. The molecule has 0 atom stereocenters. The third-order valence-corrected chi connectivity index (χ3v) is 2.95. The minimum Gasteiger partial charge on any atom is -0.351 e. The summed E-state index contributed by atoms with van der Waals surface area (Å²) in [5.41, 5.74) is 1.29. The highest BCUT2D eigenvalue weighted by molar-refractivity contribution is 5.96. The minimum atomic E-state index is -0.102. The van der Waals surface area contributed by atoms with Crippen LogP contribution in [0.1, 0.15) is 37.6 Å². The average Bonchev–Trinajstić information content (AvgIpc) is 2.47. The largest absolute Gasteiger partial charge is 0.351 e. The molecule has 124 valence electrons. The van der Waals surface area contributed by atoms with E-state index in [4.69, 9.17) is 0 Å². The molecule has 0 aromatic heterocycles. The minimum absolute atomic E-state index is 0. The number of hydrogen-bond donors (Lipinski definition) is 3. The summed E-state index contributed by atoms with van der Waals surface area (Å²) in [5, 5.41) is 8.86. The molecule has 1 rings (SSSR count). The van der Waals surface area contributed by atoms with E-state index in [1.165, 1.54) is 0 Å². The standard InChI is InChI=1S/C16H25N3O2.ClH/c1-4-9-17-10-11-18-16(21)13-5-7-14(8-6-13)19-15(20)12(2)3;/h5-8,12,17H,4,9-11H2,1-3H3,(H,18,21)(H,19,20);1H. The average molecular weight is 328 g/mol. The van der Waals surface area contributed by atoms with Crippen molar-refractivity contribution in [1.29, 1.82) is 0 Å². The van der Waals surface area contributed by atoms with Crippen LogP contribution < -0.4 is 16.0 Å². The Labute approximate surface area is 138 Å². The zero-order valence-electron chi connectivity index (χ0n) is 13.4. The second kappa shape index (κ2) is 11.0. The molecular weight excluding hydrogens is 302 g/mol. The molecule has 0 fully saturated rings. The number of anilines is 1. The van der Waals surface area contributed by atoms with E-state index in [2.05, 4.69) is 22.9 Å². The molecule has 0 bridgehead atoms. The van der Waals surface area contributed by atoms with Crippen molar-refractivity contribution < 1.29 is 9.59 Å². The number of hydrogen-bond acceptors (Lipinski definition) is 3. The van der Waals surface area contributed by atoms with E-state index in [0.29, 0.717) is 17.8 Å². The van der Waals surface area contributed by atoms with Gasteiger partial charge < -0.3 is 16.0 Å². The van der Waals surface area contributed by atoms with E-state index in [1.54, 1.807) is 24.3 Å². The van der Waals surface area contributed by atoms with Gasteiger partial charge in [-0.2, -0.15) is 0 Å². The molecule has 1 aromatic rings. The van der Waals surface area contributed by atoms with Crippen LogP contribution in [0.2, 0.25) is 0 Å². The summed E-state index contributed by atoms with van der Waals surface area (Å²) in [7, 11) is 0. The van der Waals surface area contributed by atoms with Gasteiger partial charge in [0.05, 0.1) is 0 Å². The quantitative estimate of drug-likeness (QED) is 0.642. The lowest BCUT2D eigenvalue weighted by atomic mass is 10.1. The number of amides is 2. The van der Waals surface area contributed by atoms with Crippen molar-refractivity contribution in [3.63, 3.8) is 0 Å². The molecule has 0 aliphatic rings. The van der Waals surface area contributed by atoms with Gasteiger partial charge >= 0.3 is 0 Å². The van der Waals surface area contributed by atoms with Crippen molar-refractivity contribution in [2.75, 3.05) is 25.0 Å². The zero-order valence-corrected chi connectivity index (χ0v) is 14.3. The molecule has 1 aromatic carbocycles. The van der Waals surface area contributed by atoms with Gasteiger partial charge in [-0.25, -0.2) is 0 Å². The Morgan fingerprint density at radius 2 is 1.68 bits per heavy atom. The third kappa shape index (κ3) is 7.43. The number of carbonyl (C=O) groups excluding carboxylic acids is 2. The van der Waals surface area contributed by atoms with Gasteiger partial charge in [0, 0.05) is 30.3 Å². The molecule has 6 heteroatoms. The summed E-state index contributed by atoms with van der Waals surface area (Å²) in [6.07, 6.45) is 1.08. The van der Waals surface area contributed by atoms with Gasteiger partial charge in [0.2, 0.25) is 5.91 Å². The molecule has 2 amide bonds. The summed E-state index contributed by atoms with van der Waals surface area (Å²) in [6.45, 7) is 8.10. The van der Waals surface area contributed by atoms with Crippen molar-refractivity contribution in [1.82, 2.24) is 10.6 Å². The number of nitrogens with one attached hydrogen (secondary N) is 3. The maximum atomic E-state index is 11.9. The highest BCUT2D eigenvalue weighted by Crippen LogP contribution is 2.10. The lowest BCUT2D eigenvalue weighted by molar-refractivity contribution is -0.118. The molecule has 0 saturated carbocycles. The van der Waals surface area contributed by atoms with Crippen molar-refractivity contribution in [3.8, 4) is 0 Å². The fourth-order valence-corrected chi connectivity index (χ4v) is 1.66. The maximum Gasteiger partial charge on any atom is 0.251 e. The summed E-state index contributed by atoms with van der Waals surface area (Å²) < 4.78 is 0. The monoisotopic (exact) mass is 327 g/mol. The van der Waals surface area contributed by atoms with E-state index in [-0.39, 0.29) is 30.1 Å². The highest BCUT2D eigenvalue weighted by Gasteiger charge is 2.08. The molecule has 0 unspecified atom stereocenters. The number of halogens is 1. The van der Waals surface area contributed by atoms with Crippen LogP contribution >= 0.6 is 12.4 Å². The van der Waals surface area contributed by atoms with Gasteiger partial charge in [0.1, 0.15) is 0 Å². The van der Waals surface area contributed by atoms with E-state index in [0.717, 1.165) is 19.5 Å². The van der Waals surface area contributed by atoms with Crippen LogP contribution in [0, 0.1) is 5.92 Å². The lowest BCUT2D eigenvalue weighted by Crippen LogP contribution is -2.32. The summed E-state index contributed by atoms with van der Waals surface area (Å²) in [5.74, 6) is -0.201. The second-order valence-corrected chi connectivity index (χ2v) is 5.23. The predicted molar refractivity (Wildman–Crippen MR) is 92.7 cm³/mol. The van der Waals surface area contributed by atoms with Crippen LogP contribution in [-0.4, -0.2) is 31.4 Å². The van der Waals surface area contributed by atoms with Gasteiger partial charge in [-0.05, 0) is 37.2 Å². The summed E-state index contributed by atoms with van der Waals surface area (Å²) >= 11 is 0. The van der Waals surface area contributed by atoms with Crippen LogP contribution in [-0.2, 0) is 4.79 Å². The first-order chi connectivity index (χ1) is 10.0. The highest BCUT2D eigenvalue weighted by atomic mass is 35.5. The Kier molecular flexibility index (Phi) is 10.2. The Bertz CT molecular complexity index is 461. The SMILES string of the molecule is CCCNCCNC(=O)c1ccc(NC(=O)C(C)C)cc1.Cl. The van der Waals surface area contributed by atoms with E-state index in [9.17, 15) is 9.59 Å². The second-order valence-electron chi connectivity index (χ2n) is 5.23. The van der Waals surface area contributed by atoms with Crippen molar-refractivity contribution in [2.24, 2.45) is 5.92 Å². The van der Waals surface area contributed by atoms with Gasteiger partial charge in [-0.15, -0.1) is 12.4 Å². The van der Waals surface area contributed by atoms with Crippen molar-refractivity contribution in [2.45, 2.75) is 27.2 Å². The number of carbonyl (C=O) groups is 2. The zero-order chi connectivity index (χ0) is 15.7. The molecule has 0 spiro atoms. The van der Waals surface area contributed by atoms with Crippen LogP contribution in [0.25, 0.3) is 0 Å². The molecular formula is C16H26ClN3O2. The first-order valence-corrected chi connectivity index (χ1v) is 7.44. The van der Waals surface area contributed by atoms with Crippen LogP contribution in [0.3, 0.4) is 0 Å². The third-order valence-electron chi connectivity index (χ3n) is 2.95. The molecule has 3 N–H and O–H groups in total. The first-order valence-electron chi connectivity index (χ1n) is 7.44. The van der Waals surface area contributed by atoms with Gasteiger partial charge in [0.25, 0.3) is 5.91 Å². The van der Waals surface area contributed by atoms with Gasteiger partial charge in [-0.3, -0.25) is 9.59 Å². The molecule has 0 aliphatic heterocycles.